The minimum absolute atomic E-state index is 0.0327. The molecule has 0 saturated carbocycles. The highest BCUT2D eigenvalue weighted by Gasteiger charge is 2.21. The number of amides is 1. The van der Waals surface area contributed by atoms with E-state index in [1.54, 1.807) is 38.1 Å². The van der Waals surface area contributed by atoms with Gasteiger partial charge < -0.3 is 10.1 Å². The van der Waals surface area contributed by atoms with Crippen LogP contribution in [-0.4, -0.2) is 33.4 Å². The monoisotopic (exact) mass is 408 g/mol. The van der Waals surface area contributed by atoms with Gasteiger partial charge in [-0.25, -0.2) is 4.79 Å². The summed E-state index contributed by atoms with van der Waals surface area (Å²) in [5, 5.41) is 6.76. The third kappa shape index (κ3) is 4.32. The van der Waals surface area contributed by atoms with Crippen LogP contribution < -0.4 is 21.3 Å². The average molecular weight is 408 g/mol. The van der Waals surface area contributed by atoms with Gasteiger partial charge in [0.25, 0.3) is 11.5 Å². The Labute approximate surface area is 173 Å². The Morgan fingerprint density at radius 1 is 1.10 bits per heavy atom. The molecule has 8 nitrogen and oxygen atoms in total. The van der Waals surface area contributed by atoms with Crippen molar-refractivity contribution >= 4 is 5.91 Å². The number of aryl methyl sites for hydroxylation is 1. The average Bonchev–Trinajstić information content (AvgIpc) is 2.72. The van der Waals surface area contributed by atoms with Crippen molar-refractivity contribution in [3.63, 3.8) is 0 Å². The van der Waals surface area contributed by atoms with Crippen molar-refractivity contribution in [2.45, 2.75) is 33.4 Å². The smallest absolute Gasteiger partial charge is 0.352 e. The fraction of sp³-hybridized carbons (Fsp3) is 0.273. The molecule has 0 unspecified atom stereocenters. The van der Waals surface area contributed by atoms with Crippen LogP contribution in [0.25, 0.3) is 5.69 Å². The second-order valence-corrected chi connectivity index (χ2v) is 7.19. The van der Waals surface area contributed by atoms with Gasteiger partial charge in [-0.15, -0.1) is 0 Å². The third-order valence-corrected chi connectivity index (χ3v) is 4.60. The number of carbonyl (C=O) groups excluding carboxylic acids is 1. The lowest BCUT2D eigenvalue weighted by molar-refractivity contribution is 0.0933. The number of hydrogen-bond acceptors (Lipinski definition) is 5. The molecule has 8 heteroatoms. The van der Waals surface area contributed by atoms with E-state index < -0.39 is 17.2 Å². The van der Waals surface area contributed by atoms with E-state index in [1.807, 2.05) is 31.2 Å². The number of carbonyl (C=O) groups is 1. The standard InChI is InChI=1S/C22H24N4O4/c1-14(2)23-20(27)19-21(28)25(13-16-8-6-5-7-15(16)3)22(29)26(24-19)17-9-11-18(30-4)12-10-17/h5-12,14H,13H2,1-4H3,(H,23,27). The molecule has 0 fully saturated rings. The zero-order valence-corrected chi connectivity index (χ0v) is 17.4. The number of nitrogens with zero attached hydrogens (tertiary/aromatic N) is 3. The minimum atomic E-state index is -0.730. The second-order valence-electron chi connectivity index (χ2n) is 7.19. The Morgan fingerprint density at radius 2 is 1.77 bits per heavy atom. The molecule has 0 spiro atoms. The molecule has 0 aliphatic heterocycles. The highest BCUT2D eigenvalue weighted by molar-refractivity contribution is 5.91. The molecule has 1 heterocycles. The zero-order chi connectivity index (χ0) is 21.8. The van der Waals surface area contributed by atoms with Crippen molar-refractivity contribution in [1.29, 1.82) is 0 Å². The molecule has 1 aromatic heterocycles. The van der Waals surface area contributed by atoms with Gasteiger partial charge in [0.2, 0.25) is 5.69 Å². The Hall–Kier alpha value is -3.68. The summed E-state index contributed by atoms with van der Waals surface area (Å²) in [4.78, 5) is 38.8. The molecular formula is C22H24N4O4. The largest absolute Gasteiger partial charge is 0.497 e. The molecule has 3 aromatic rings. The van der Waals surface area contributed by atoms with Gasteiger partial charge in [-0.3, -0.25) is 14.2 Å². The fourth-order valence-electron chi connectivity index (χ4n) is 2.98. The van der Waals surface area contributed by atoms with Gasteiger partial charge in [-0.05, 0) is 56.2 Å². The summed E-state index contributed by atoms with van der Waals surface area (Å²) < 4.78 is 7.25. The molecule has 30 heavy (non-hydrogen) atoms. The van der Waals surface area contributed by atoms with E-state index in [4.69, 9.17) is 4.74 Å². The maximum Gasteiger partial charge on any atom is 0.352 e. The molecule has 1 N–H and O–H groups in total. The van der Waals surface area contributed by atoms with Gasteiger partial charge >= 0.3 is 5.69 Å². The molecular weight excluding hydrogens is 384 g/mol. The molecule has 0 atom stereocenters. The molecule has 1 amide bonds. The van der Waals surface area contributed by atoms with E-state index in [0.29, 0.717) is 11.4 Å². The topological polar surface area (TPSA) is 95.2 Å². The molecule has 3 rings (SSSR count). The normalized spacial score (nSPS) is 10.8. The summed E-state index contributed by atoms with van der Waals surface area (Å²) in [7, 11) is 1.54. The van der Waals surface area contributed by atoms with Crippen LogP contribution >= 0.6 is 0 Å². The Bertz CT molecular complexity index is 1180. The summed E-state index contributed by atoms with van der Waals surface area (Å²) in [6.45, 7) is 5.49. The first kappa shape index (κ1) is 21.0. The summed E-state index contributed by atoms with van der Waals surface area (Å²) in [6, 6.07) is 13.9. The van der Waals surface area contributed by atoms with Crippen LogP contribution in [0.2, 0.25) is 0 Å². The van der Waals surface area contributed by atoms with Gasteiger partial charge in [0.05, 0.1) is 19.3 Å². The molecule has 0 bridgehead atoms. The number of nitrogens with one attached hydrogen (secondary N) is 1. The minimum Gasteiger partial charge on any atom is -0.497 e. The van der Waals surface area contributed by atoms with Gasteiger partial charge in [-0.1, -0.05) is 24.3 Å². The van der Waals surface area contributed by atoms with Crippen LogP contribution in [0.5, 0.6) is 5.75 Å². The van der Waals surface area contributed by atoms with Gasteiger partial charge in [0.15, 0.2) is 0 Å². The summed E-state index contributed by atoms with van der Waals surface area (Å²) in [5.41, 5.74) is 0.454. The van der Waals surface area contributed by atoms with Crippen molar-refractivity contribution in [3.8, 4) is 11.4 Å². The molecule has 0 aliphatic carbocycles. The van der Waals surface area contributed by atoms with E-state index in [1.165, 1.54) is 7.11 Å². The molecule has 2 aromatic carbocycles. The number of rotatable bonds is 6. The Morgan fingerprint density at radius 3 is 2.37 bits per heavy atom. The lowest BCUT2D eigenvalue weighted by Crippen LogP contribution is -2.46. The van der Waals surface area contributed by atoms with Gasteiger partial charge in [0.1, 0.15) is 5.75 Å². The maximum atomic E-state index is 13.2. The van der Waals surface area contributed by atoms with Crippen molar-refractivity contribution in [1.82, 2.24) is 19.7 Å². The van der Waals surface area contributed by atoms with E-state index in [2.05, 4.69) is 10.4 Å². The predicted octanol–water partition coefficient (Wildman–Crippen LogP) is 1.90. The molecule has 0 radical (unpaired) electrons. The van der Waals surface area contributed by atoms with Gasteiger partial charge in [-0.2, -0.15) is 9.78 Å². The van der Waals surface area contributed by atoms with Crippen LogP contribution in [-0.2, 0) is 6.54 Å². The Balaban J connectivity index is 2.21. The first-order valence-corrected chi connectivity index (χ1v) is 9.55. The van der Waals surface area contributed by atoms with Crippen LogP contribution in [0.1, 0.15) is 35.5 Å². The van der Waals surface area contributed by atoms with E-state index in [-0.39, 0.29) is 18.3 Å². The maximum absolute atomic E-state index is 13.2. The van der Waals surface area contributed by atoms with E-state index in [0.717, 1.165) is 20.4 Å². The van der Waals surface area contributed by atoms with Crippen molar-refractivity contribution in [2.24, 2.45) is 0 Å². The summed E-state index contributed by atoms with van der Waals surface area (Å²) >= 11 is 0. The lowest BCUT2D eigenvalue weighted by Gasteiger charge is -2.14. The number of hydrogen-bond donors (Lipinski definition) is 1. The number of benzene rings is 2. The van der Waals surface area contributed by atoms with Crippen molar-refractivity contribution in [2.75, 3.05) is 7.11 Å². The highest BCUT2D eigenvalue weighted by atomic mass is 16.5. The van der Waals surface area contributed by atoms with Crippen LogP contribution in [0.4, 0.5) is 0 Å². The molecule has 0 saturated heterocycles. The lowest BCUT2D eigenvalue weighted by atomic mass is 10.1. The molecule has 156 valence electrons. The number of aromatic nitrogens is 3. The van der Waals surface area contributed by atoms with Crippen LogP contribution in [0, 0.1) is 6.92 Å². The zero-order valence-electron chi connectivity index (χ0n) is 17.4. The summed E-state index contributed by atoms with van der Waals surface area (Å²) in [5.74, 6) is -0.0198. The third-order valence-electron chi connectivity index (χ3n) is 4.60. The quantitative estimate of drug-likeness (QED) is 0.672. The predicted molar refractivity (Wildman–Crippen MR) is 114 cm³/mol. The van der Waals surface area contributed by atoms with Gasteiger partial charge in [0, 0.05) is 6.04 Å². The SMILES string of the molecule is COc1ccc(-n2nc(C(=O)NC(C)C)c(=O)n(Cc3ccccc3C)c2=O)cc1. The van der Waals surface area contributed by atoms with Crippen molar-refractivity contribution in [3.05, 3.63) is 86.2 Å². The number of ether oxygens (including phenoxy) is 1. The summed E-state index contributed by atoms with van der Waals surface area (Å²) in [6.07, 6.45) is 0. The van der Waals surface area contributed by atoms with Crippen LogP contribution in [0.3, 0.4) is 0 Å². The van der Waals surface area contributed by atoms with E-state index >= 15 is 0 Å². The second kappa shape index (κ2) is 8.77. The number of methoxy groups -OCH3 is 1. The first-order valence-electron chi connectivity index (χ1n) is 9.55. The highest BCUT2D eigenvalue weighted by Crippen LogP contribution is 2.13. The first-order chi connectivity index (χ1) is 14.3. The van der Waals surface area contributed by atoms with Crippen LogP contribution in [0.15, 0.2) is 58.1 Å². The fourth-order valence-corrected chi connectivity index (χ4v) is 2.98. The van der Waals surface area contributed by atoms with E-state index in [9.17, 15) is 14.4 Å². The Kier molecular flexibility index (Phi) is 6.15. The van der Waals surface area contributed by atoms with Crippen molar-refractivity contribution < 1.29 is 9.53 Å². The molecule has 0 aliphatic rings.